The molecule has 0 saturated carbocycles. The van der Waals surface area contributed by atoms with E-state index in [1.807, 2.05) is 46.7 Å². The SMILES string of the molecule is CCC(C)N(C(=O)Cn1c(COc2cc(C)ccc2C)nc2ccccc21)C(C)CC. The van der Waals surface area contributed by atoms with Gasteiger partial charge in [0.05, 0.1) is 11.0 Å². The number of carbonyl (C=O) groups is 1. The number of nitrogens with zero attached hydrogens (tertiary/aromatic N) is 3. The Bertz CT molecular complexity index is 1030. The van der Waals surface area contributed by atoms with Crippen LogP contribution in [-0.4, -0.2) is 32.4 Å². The minimum Gasteiger partial charge on any atom is -0.485 e. The molecule has 3 aromatic rings. The van der Waals surface area contributed by atoms with E-state index < -0.39 is 0 Å². The third-order valence-corrected chi connectivity index (χ3v) is 6.15. The molecule has 1 amide bonds. The first kappa shape index (κ1) is 22.9. The van der Waals surface area contributed by atoms with E-state index in [-0.39, 0.29) is 24.5 Å². The molecule has 0 saturated heterocycles. The van der Waals surface area contributed by atoms with Crippen LogP contribution in [0.15, 0.2) is 42.5 Å². The van der Waals surface area contributed by atoms with E-state index in [0.29, 0.717) is 6.61 Å². The molecule has 1 heterocycles. The van der Waals surface area contributed by atoms with Gasteiger partial charge in [-0.1, -0.05) is 38.1 Å². The van der Waals surface area contributed by atoms with Crippen LogP contribution in [0.4, 0.5) is 0 Å². The zero-order chi connectivity index (χ0) is 22.5. The summed E-state index contributed by atoms with van der Waals surface area (Å²) >= 11 is 0. The molecule has 166 valence electrons. The summed E-state index contributed by atoms with van der Waals surface area (Å²) in [7, 11) is 0. The maximum Gasteiger partial charge on any atom is 0.243 e. The second-order valence-electron chi connectivity index (χ2n) is 8.48. The highest BCUT2D eigenvalue weighted by Gasteiger charge is 2.25. The van der Waals surface area contributed by atoms with Crippen LogP contribution in [0.2, 0.25) is 0 Å². The van der Waals surface area contributed by atoms with Gasteiger partial charge in [0.1, 0.15) is 24.7 Å². The van der Waals surface area contributed by atoms with Crippen molar-refractivity contribution in [2.75, 3.05) is 0 Å². The van der Waals surface area contributed by atoms with Crippen LogP contribution < -0.4 is 4.74 Å². The Morgan fingerprint density at radius 1 is 1.06 bits per heavy atom. The lowest BCUT2D eigenvalue weighted by Crippen LogP contribution is -2.45. The number of carbonyl (C=O) groups excluding carboxylic acids is 1. The average Bonchev–Trinajstić information content (AvgIpc) is 3.11. The standard InChI is InChI=1S/C26H35N3O2/c1-7-20(5)29(21(6)8-2)26(30)16-28-23-12-10-9-11-22(23)27-25(28)17-31-24-15-18(3)13-14-19(24)4/h9-15,20-21H,7-8,16-17H2,1-6H3. The Hall–Kier alpha value is -2.82. The highest BCUT2D eigenvalue weighted by molar-refractivity contribution is 5.81. The van der Waals surface area contributed by atoms with Crippen molar-refractivity contribution < 1.29 is 9.53 Å². The van der Waals surface area contributed by atoms with Crippen LogP contribution in [0.3, 0.4) is 0 Å². The summed E-state index contributed by atoms with van der Waals surface area (Å²) in [4.78, 5) is 20.2. The number of ether oxygens (including phenoxy) is 1. The zero-order valence-corrected chi connectivity index (χ0v) is 19.7. The Kier molecular flexibility index (Phi) is 7.37. The molecule has 31 heavy (non-hydrogen) atoms. The van der Waals surface area contributed by atoms with Crippen LogP contribution in [-0.2, 0) is 17.9 Å². The van der Waals surface area contributed by atoms with Crippen molar-refractivity contribution in [3.8, 4) is 5.75 Å². The fourth-order valence-corrected chi connectivity index (χ4v) is 3.95. The quantitative estimate of drug-likeness (QED) is 0.448. The van der Waals surface area contributed by atoms with Gasteiger partial charge in [-0.2, -0.15) is 0 Å². The van der Waals surface area contributed by atoms with Gasteiger partial charge in [-0.3, -0.25) is 4.79 Å². The Morgan fingerprint density at radius 2 is 1.74 bits per heavy atom. The number of amides is 1. The first-order chi connectivity index (χ1) is 14.8. The topological polar surface area (TPSA) is 47.4 Å². The highest BCUT2D eigenvalue weighted by atomic mass is 16.5. The van der Waals surface area contributed by atoms with Crippen LogP contribution in [0.1, 0.15) is 57.5 Å². The summed E-state index contributed by atoms with van der Waals surface area (Å²) in [5.41, 5.74) is 4.09. The smallest absolute Gasteiger partial charge is 0.243 e. The van der Waals surface area contributed by atoms with Crippen molar-refractivity contribution in [1.82, 2.24) is 14.5 Å². The summed E-state index contributed by atoms with van der Waals surface area (Å²) in [5.74, 6) is 1.74. The molecule has 5 nitrogen and oxygen atoms in total. The first-order valence-corrected chi connectivity index (χ1v) is 11.3. The fourth-order valence-electron chi connectivity index (χ4n) is 3.95. The molecule has 2 aromatic carbocycles. The normalized spacial score (nSPS) is 13.2. The molecule has 0 aliphatic heterocycles. The predicted octanol–water partition coefficient (Wildman–Crippen LogP) is 5.66. The van der Waals surface area contributed by atoms with Crippen molar-refractivity contribution in [3.63, 3.8) is 0 Å². The van der Waals surface area contributed by atoms with Crippen LogP contribution >= 0.6 is 0 Å². The number of para-hydroxylation sites is 2. The summed E-state index contributed by atoms with van der Waals surface area (Å²) in [6.07, 6.45) is 1.87. The maximum absolute atomic E-state index is 13.4. The van der Waals surface area contributed by atoms with E-state index in [9.17, 15) is 4.79 Å². The lowest BCUT2D eigenvalue weighted by atomic mass is 10.1. The van der Waals surface area contributed by atoms with Crippen molar-refractivity contribution in [1.29, 1.82) is 0 Å². The Morgan fingerprint density at radius 3 is 2.42 bits per heavy atom. The maximum atomic E-state index is 13.4. The monoisotopic (exact) mass is 421 g/mol. The third-order valence-electron chi connectivity index (χ3n) is 6.15. The molecule has 1 aromatic heterocycles. The lowest BCUT2D eigenvalue weighted by molar-refractivity contribution is -0.136. The minimum atomic E-state index is 0.125. The van der Waals surface area contributed by atoms with E-state index in [4.69, 9.17) is 9.72 Å². The summed E-state index contributed by atoms with van der Waals surface area (Å²) < 4.78 is 8.16. The molecule has 0 fully saturated rings. The molecule has 0 aliphatic carbocycles. The van der Waals surface area contributed by atoms with Gasteiger partial charge >= 0.3 is 0 Å². The minimum absolute atomic E-state index is 0.125. The zero-order valence-electron chi connectivity index (χ0n) is 19.7. The van der Waals surface area contributed by atoms with Crippen molar-refractivity contribution in [2.24, 2.45) is 0 Å². The molecule has 0 spiro atoms. The molecule has 0 aliphatic rings. The number of hydrogen-bond donors (Lipinski definition) is 0. The Balaban J connectivity index is 1.91. The van der Waals surface area contributed by atoms with Crippen LogP contribution in [0, 0.1) is 13.8 Å². The molecular formula is C26H35N3O2. The van der Waals surface area contributed by atoms with Gasteiger partial charge < -0.3 is 14.2 Å². The highest BCUT2D eigenvalue weighted by Crippen LogP contribution is 2.23. The molecule has 5 heteroatoms. The van der Waals surface area contributed by atoms with E-state index >= 15 is 0 Å². The molecule has 0 N–H and O–H groups in total. The molecule has 0 radical (unpaired) electrons. The number of imidazole rings is 1. The number of hydrogen-bond acceptors (Lipinski definition) is 3. The second kappa shape index (κ2) is 9.99. The van der Waals surface area contributed by atoms with Gasteiger partial charge in [-0.05, 0) is 69.9 Å². The number of benzene rings is 2. The number of rotatable bonds is 9. The van der Waals surface area contributed by atoms with Crippen LogP contribution in [0.5, 0.6) is 5.75 Å². The fraction of sp³-hybridized carbons (Fsp3) is 0.462. The van der Waals surface area contributed by atoms with Crippen molar-refractivity contribution in [3.05, 3.63) is 59.4 Å². The van der Waals surface area contributed by atoms with E-state index in [1.54, 1.807) is 0 Å². The first-order valence-electron chi connectivity index (χ1n) is 11.3. The van der Waals surface area contributed by atoms with Gasteiger partial charge in [0.25, 0.3) is 0 Å². The number of aryl methyl sites for hydroxylation is 2. The molecule has 2 atom stereocenters. The van der Waals surface area contributed by atoms with Crippen molar-refractivity contribution >= 4 is 16.9 Å². The van der Waals surface area contributed by atoms with Gasteiger partial charge in [-0.25, -0.2) is 4.98 Å². The van der Waals surface area contributed by atoms with E-state index in [0.717, 1.165) is 46.6 Å². The Labute approximate surface area is 186 Å². The van der Waals surface area contributed by atoms with Gasteiger partial charge in [0.2, 0.25) is 5.91 Å². The van der Waals surface area contributed by atoms with Gasteiger partial charge in [-0.15, -0.1) is 0 Å². The van der Waals surface area contributed by atoms with Gasteiger partial charge in [0.15, 0.2) is 0 Å². The van der Waals surface area contributed by atoms with E-state index in [1.165, 1.54) is 0 Å². The average molecular weight is 422 g/mol. The summed E-state index contributed by atoms with van der Waals surface area (Å²) in [6, 6.07) is 14.6. The number of aromatic nitrogens is 2. The van der Waals surface area contributed by atoms with Crippen molar-refractivity contribution in [2.45, 2.75) is 79.6 Å². The van der Waals surface area contributed by atoms with Gasteiger partial charge in [0, 0.05) is 12.1 Å². The number of fused-ring (bicyclic) bond motifs is 1. The molecule has 0 bridgehead atoms. The predicted molar refractivity (Wildman–Crippen MR) is 126 cm³/mol. The summed E-state index contributed by atoms with van der Waals surface area (Å²) in [5, 5.41) is 0. The second-order valence-corrected chi connectivity index (χ2v) is 8.48. The van der Waals surface area contributed by atoms with E-state index in [2.05, 4.69) is 46.8 Å². The van der Waals surface area contributed by atoms with Crippen LogP contribution in [0.25, 0.3) is 11.0 Å². The summed E-state index contributed by atoms with van der Waals surface area (Å²) in [6.45, 7) is 13.2. The third kappa shape index (κ3) is 5.09. The molecule has 3 rings (SSSR count). The molecule has 2 unspecified atom stereocenters. The lowest BCUT2D eigenvalue weighted by Gasteiger charge is -2.34. The largest absolute Gasteiger partial charge is 0.485 e. The molecular weight excluding hydrogens is 386 g/mol.